The Morgan fingerprint density at radius 3 is 2.07 bits per heavy atom. The minimum Gasteiger partial charge on any atom is -0.380 e. The predicted octanol–water partition coefficient (Wildman–Crippen LogP) is 5.58. The van der Waals surface area contributed by atoms with Gasteiger partial charge in [0.2, 0.25) is 0 Å². The Hall–Kier alpha value is -2.48. The molecule has 2 aromatic rings. The summed E-state index contributed by atoms with van der Waals surface area (Å²) in [5, 5.41) is 3.67. The molecule has 1 N–H and O–H groups in total. The lowest BCUT2D eigenvalue weighted by Crippen LogP contribution is -2.40. The van der Waals surface area contributed by atoms with Crippen molar-refractivity contribution in [1.82, 2.24) is 10.2 Å². The Kier molecular flexibility index (Phi) is 8.70. The molecule has 0 spiro atoms. The zero-order valence-corrected chi connectivity index (χ0v) is 17.0. The summed E-state index contributed by atoms with van der Waals surface area (Å²) in [4.78, 5) is 2.38. The van der Waals surface area contributed by atoms with Crippen LogP contribution in [-0.4, -0.2) is 24.0 Å². The maximum Gasteiger partial charge on any atom is 0.0692 e. The smallest absolute Gasteiger partial charge is 0.0692 e. The highest BCUT2D eigenvalue weighted by Gasteiger charge is 2.18. The summed E-state index contributed by atoms with van der Waals surface area (Å²) < 4.78 is 0. The normalized spacial score (nSPS) is 11.6. The van der Waals surface area contributed by atoms with E-state index in [2.05, 4.69) is 97.9 Å². The van der Waals surface area contributed by atoms with Gasteiger partial charge in [0.05, 0.1) is 6.04 Å². The van der Waals surface area contributed by atoms with Gasteiger partial charge in [0.25, 0.3) is 0 Å². The van der Waals surface area contributed by atoms with Crippen molar-refractivity contribution in [3.8, 4) is 0 Å². The number of aryl methyl sites for hydroxylation is 1. The van der Waals surface area contributed by atoms with E-state index in [4.69, 9.17) is 0 Å². The van der Waals surface area contributed by atoms with Crippen molar-refractivity contribution in [2.24, 2.45) is 0 Å². The fourth-order valence-corrected chi connectivity index (χ4v) is 3.36. The molecule has 1 unspecified atom stereocenters. The molecule has 2 rings (SSSR count). The minimum atomic E-state index is 0.169. The molecular formula is C25H34N2. The molecular weight excluding hydrogens is 328 g/mol. The van der Waals surface area contributed by atoms with Crippen LogP contribution >= 0.6 is 0 Å². The molecule has 0 aliphatic carbocycles. The summed E-state index contributed by atoms with van der Waals surface area (Å²) >= 11 is 0. The first kappa shape index (κ1) is 20.8. The maximum atomic E-state index is 4.43. The Bertz CT molecular complexity index is 691. The van der Waals surface area contributed by atoms with Crippen molar-refractivity contribution in [1.29, 1.82) is 0 Å². The number of hydrogen-bond donors (Lipinski definition) is 1. The van der Waals surface area contributed by atoms with E-state index in [-0.39, 0.29) is 6.04 Å². The first-order chi connectivity index (χ1) is 13.1. The Morgan fingerprint density at radius 1 is 0.926 bits per heavy atom. The molecule has 0 saturated carbocycles. The Balaban J connectivity index is 2.03. The molecule has 0 aliphatic heterocycles. The number of nitrogens with one attached hydrogen (secondary N) is 1. The Morgan fingerprint density at radius 2 is 1.52 bits per heavy atom. The monoisotopic (exact) mass is 362 g/mol. The second-order valence-electron chi connectivity index (χ2n) is 7.05. The van der Waals surface area contributed by atoms with Gasteiger partial charge in [0.15, 0.2) is 0 Å². The van der Waals surface area contributed by atoms with Crippen LogP contribution in [0.15, 0.2) is 85.2 Å². The first-order valence-corrected chi connectivity index (χ1v) is 10.1. The largest absolute Gasteiger partial charge is 0.380 e. The molecule has 0 heterocycles. The molecule has 0 bridgehead atoms. The molecule has 2 aromatic carbocycles. The fourth-order valence-electron chi connectivity index (χ4n) is 3.36. The van der Waals surface area contributed by atoms with Crippen LogP contribution in [0.1, 0.15) is 37.8 Å². The molecule has 2 heteroatoms. The number of likely N-dealkylation sites (N-methyl/N-ethyl adjacent to an activating group) is 1. The third-order valence-electron chi connectivity index (χ3n) is 4.90. The fraction of sp³-hybridized carbons (Fsp3) is 0.360. The van der Waals surface area contributed by atoms with Crippen molar-refractivity contribution in [3.05, 3.63) is 96.3 Å². The average Bonchev–Trinajstić information content (AvgIpc) is 2.71. The predicted molar refractivity (Wildman–Crippen MR) is 118 cm³/mol. The minimum absolute atomic E-state index is 0.169. The molecule has 27 heavy (non-hydrogen) atoms. The van der Waals surface area contributed by atoms with Crippen molar-refractivity contribution in [2.45, 2.75) is 45.6 Å². The number of nitrogens with zero attached hydrogens (tertiary/aromatic N) is 1. The van der Waals surface area contributed by atoms with Gasteiger partial charge in [0, 0.05) is 24.5 Å². The van der Waals surface area contributed by atoms with Crippen molar-refractivity contribution >= 4 is 0 Å². The lowest BCUT2D eigenvalue weighted by atomic mass is 10.0. The van der Waals surface area contributed by atoms with Gasteiger partial charge in [-0.25, -0.2) is 0 Å². The SMILES string of the molecule is C=C(CCc1ccccc1)NC(Cc1ccccc1)C(=C)N(CC)CCC. The lowest BCUT2D eigenvalue weighted by Gasteiger charge is -2.32. The highest BCUT2D eigenvalue weighted by Crippen LogP contribution is 2.16. The van der Waals surface area contributed by atoms with Gasteiger partial charge in [-0.2, -0.15) is 0 Å². The highest BCUT2D eigenvalue weighted by atomic mass is 15.2. The van der Waals surface area contributed by atoms with E-state index >= 15 is 0 Å². The van der Waals surface area contributed by atoms with Crippen LogP contribution in [0, 0.1) is 0 Å². The molecule has 0 radical (unpaired) electrons. The summed E-state index contributed by atoms with van der Waals surface area (Å²) in [6.45, 7) is 15.2. The number of allylic oxidation sites excluding steroid dienone is 1. The molecule has 0 saturated heterocycles. The van der Waals surface area contributed by atoms with Crippen molar-refractivity contribution in [2.75, 3.05) is 13.1 Å². The molecule has 144 valence electrons. The third-order valence-corrected chi connectivity index (χ3v) is 4.90. The van der Waals surface area contributed by atoms with Crippen LogP contribution in [-0.2, 0) is 12.8 Å². The molecule has 0 fully saturated rings. The second kappa shape index (κ2) is 11.3. The zero-order valence-electron chi connectivity index (χ0n) is 17.0. The van der Waals surface area contributed by atoms with Crippen molar-refractivity contribution in [3.63, 3.8) is 0 Å². The average molecular weight is 363 g/mol. The third kappa shape index (κ3) is 6.97. The van der Waals surface area contributed by atoms with Crippen LogP contribution in [0.2, 0.25) is 0 Å². The number of rotatable bonds is 12. The van der Waals surface area contributed by atoms with E-state index in [1.807, 2.05) is 0 Å². The quantitative estimate of drug-likeness (QED) is 0.530. The summed E-state index contributed by atoms with van der Waals surface area (Å²) in [6.07, 6.45) is 3.98. The van der Waals surface area contributed by atoms with Gasteiger partial charge in [0.1, 0.15) is 0 Å². The van der Waals surface area contributed by atoms with Crippen molar-refractivity contribution < 1.29 is 0 Å². The zero-order chi connectivity index (χ0) is 19.5. The van der Waals surface area contributed by atoms with E-state index in [0.29, 0.717) is 0 Å². The van der Waals surface area contributed by atoms with E-state index in [1.54, 1.807) is 0 Å². The summed E-state index contributed by atoms with van der Waals surface area (Å²) in [7, 11) is 0. The molecule has 0 amide bonds. The van der Waals surface area contributed by atoms with E-state index in [0.717, 1.165) is 50.2 Å². The molecule has 0 aliphatic rings. The van der Waals surface area contributed by atoms with Gasteiger partial charge in [-0.05, 0) is 43.7 Å². The van der Waals surface area contributed by atoms with Gasteiger partial charge in [-0.1, -0.05) is 80.7 Å². The van der Waals surface area contributed by atoms with E-state index < -0.39 is 0 Å². The molecule has 0 aromatic heterocycles. The van der Waals surface area contributed by atoms with Gasteiger partial charge in [-0.3, -0.25) is 0 Å². The highest BCUT2D eigenvalue weighted by molar-refractivity contribution is 5.22. The maximum absolute atomic E-state index is 4.43. The summed E-state index contributed by atoms with van der Waals surface area (Å²) in [5.41, 5.74) is 4.90. The summed E-state index contributed by atoms with van der Waals surface area (Å²) in [6, 6.07) is 21.4. The van der Waals surface area contributed by atoms with Crippen LogP contribution in [0.5, 0.6) is 0 Å². The molecule has 2 nitrogen and oxygen atoms in total. The van der Waals surface area contributed by atoms with E-state index in [1.165, 1.54) is 11.1 Å². The molecule has 1 atom stereocenters. The standard InChI is InChI=1S/C25H34N2/c1-5-19-27(6-2)22(4)25(20-24-15-11-8-12-16-24)26-21(3)17-18-23-13-9-7-10-14-23/h7-16,25-26H,3-6,17-20H2,1-2H3. The van der Waals surface area contributed by atoms with Crippen LogP contribution in [0.3, 0.4) is 0 Å². The van der Waals surface area contributed by atoms with Crippen LogP contribution in [0.25, 0.3) is 0 Å². The number of hydrogen-bond acceptors (Lipinski definition) is 2. The van der Waals surface area contributed by atoms with E-state index in [9.17, 15) is 0 Å². The van der Waals surface area contributed by atoms with Gasteiger partial charge in [-0.15, -0.1) is 0 Å². The van der Waals surface area contributed by atoms with Crippen LogP contribution < -0.4 is 5.32 Å². The lowest BCUT2D eigenvalue weighted by molar-refractivity contribution is 0.327. The topological polar surface area (TPSA) is 15.3 Å². The first-order valence-electron chi connectivity index (χ1n) is 10.1. The van der Waals surface area contributed by atoms with Gasteiger partial charge >= 0.3 is 0 Å². The Labute approximate surface area is 165 Å². The van der Waals surface area contributed by atoms with Gasteiger partial charge < -0.3 is 10.2 Å². The number of benzene rings is 2. The summed E-state index contributed by atoms with van der Waals surface area (Å²) in [5.74, 6) is 0. The second-order valence-corrected chi connectivity index (χ2v) is 7.05. The van der Waals surface area contributed by atoms with Crippen LogP contribution in [0.4, 0.5) is 0 Å².